The molecule has 0 saturated heterocycles. The molecule has 23 heavy (non-hydrogen) atoms. The van der Waals surface area contributed by atoms with E-state index in [0.29, 0.717) is 0 Å². The monoisotopic (exact) mass is 303 g/mol. The Hall–Kier alpha value is -2.16. The van der Waals surface area contributed by atoms with Gasteiger partial charge in [0, 0.05) is 0 Å². The summed E-state index contributed by atoms with van der Waals surface area (Å²) in [5.74, 6) is 0. The Morgan fingerprint density at radius 3 is 2.17 bits per heavy atom. The van der Waals surface area contributed by atoms with Crippen molar-refractivity contribution in [2.45, 2.75) is 31.9 Å². The van der Waals surface area contributed by atoms with E-state index in [2.05, 4.69) is 61.5 Å². The Morgan fingerprint density at radius 2 is 1.48 bits per heavy atom. The number of benzene rings is 4. The minimum atomic E-state index is -0.501. The molecule has 0 radical (unpaired) electrons. The first kappa shape index (κ1) is 14.4. The summed E-state index contributed by atoms with van der Waals surface area (Å²) in [6.07, 6.45) is 1.16. The highest BCUT2D eigenvalue weighted by Gasteiger charge is 2.20. The quantitative estimate of drug-likeness (QED) is 0.535. The second-order valence-electron chi connectivity index (χ2n) is 6.39. The molecule has 0 aliphatic carbocycles. The molecule has 0 spiro atoms. The maximum Gasteiger partial charge on any atom is 0.0732 e. The van der Waals surface area contributed by atoms with Gasteiger partial charge in [0.05, 0.1) is 12.1 Å². The van der Waals surface area contributed by atoms with Crippen LogP contribution in [0.4, 0.5) is 0 Å². The van der Waals surface area contributed by atoms with Crippen LogP contribution in [-0.4, -0.2) is 11.2 Å². The van der Waals surface area contributed by atoms with Gasteiger partial charge in [0.2, 0.25) is 0 Å². The third-order valence-electron chi connectivity index (χ3n) is 4.92. The van der Waals surface area contributed by atoms with Gasteiger partial charge in [-0.1, -0.05) is 67.9 Å². The van der Waals surface area contributed by atoms with Crippen molar-refractivity contribution < 1.29 is 5.11 Å². The van der Waals surface area contributed by atoms with Gasteiger partial charge in [-0.3, -0.25) is 0 Å². The van der Waals surface area contributed by atoms with E-state index < -0.39 is 6.10 Å². The molecule has 0 fully saturated rings. The molecule has 0 saturated carbocycles. The standard InChI is InChI=1S/C21H21NO/c1-2-4-18(23)21(22)17-12-10-15-8-7-13-5-3-6-14-9-11-16(17)20(15)19(13)14/h3,5-12,18,21,23H,2,4,22H2,1H3/t18-,21+/m0/s1. The van der Waals surface area contributed by atoms with Crippen LogP contribution in [0.1, 0.15) is 31.4 Å². The fourth-order valence-electron chi connectivity index (χ4n) is 3.73. The van der Waals surface area contributed by atoms with E-state index in [1.165, 1.54) is 26.9 Å². The van der Waals surface area contributed by atoms with Crippen LogP contribution in [0, 0.1) is 0 Å². The summed E-state index contributed by atoms with van der Waals surface area (Å²) in [5.41, 5.74) is 7.41. The number of hydrogen-bond acceptors (Lipinski definition) is 2. The van der Waals surface area contributed by atoms with Gasteiger partial charge in [-0.2, -0.15) is 0 Å². The zero-order valence-electron chi connectivity index (χ0n) is 13.3. The van der Waals surface area contributed by atoms with Gasteiger partial charge >= 0.3 is 0 Å². The van der Waals surface area contributed by atoms with Crippen LogP contribution in [0.15, 0.2) is 54.6 Å². The van der Waals surface area contributed by atoms with Crippen LogP contribution >= 0.6 is 0 Å². The molecule has 0 amide bonds. The zero-order valence-corrected chi connectivity index (χ0v) is 13.3. The highest BCUT2D eigenvalue weighted by atomic mass is 16.3. The lowest BCUT2D eigenvalue weighted by atomic mass is 9.88. The van der Waals surface area contributed by atoms with Crippen molar-refractivity contribution in [3.63, 3.8) is 0 Å². The third-order valence-corrected chi connectivity index (χ3v) is 4.92. The predicted octanol–water partition coefficient (Wildman–Crippen LogP) is 4.74. The number of aliphatic hydroxyl groups is 1. The summed E-state index contributed by atoms with van der Waals surface area (Å²) < 4.78 is 0. The van der Waals surface area contributed by atoms with Gasteiger partial charge in [-0.25, -0.2) is 0 Å². The molecule has 3 N–H and O–H groups in total. The SMILES string of the molecule is CCC[C@H](O)[C@H](N)c1ccc2ccc3cccc4ccc1c2c34. The van der Waals surface area contributed by atoms with E-state index in [1.807, 2.05) is 0 Å². The molecule has 0 aliphatic heterocycles. The van der Waals surface area contributed by atoms with Crippen molar-refractivity contribution in [1.29, 1.82) is 0 Å². The van der Waals surface area contributed by atoms with Crippen LogP contribution < -0.4 is 5.73 Å². The van der Waals surface area contributed by atoms with Gasteiger partial charge in [0.25, 0.3) is 0 Å². The molecular formula is C21H21NO. The molecular weight excluding hydrogens is 282 g/mol. The van der Waals surface area contributed by atoms with E-state index in [1.54, 1.807) is 0 Å². The predicted molar refractivity (Wildman–Crippen MR) is 98.0 cm³/mol. The van der Waals surface area contributed by atoms with Crippen molar-refractivity contribution in [2.75, 3.05) is 0 Å². The molecule has 4 aromatic rings. The van der Waals surface area contributed by atoms with Gasteiger partial charge in [0.1, 0.15) is 0 Å². The first-order valence-corrected chi connectivity index (χ1v) is 8.30. The fourth-order valence-corrected chi connectivity index (χ4v) is 3.73. The molecule has 0 unspecified atom stereocenters. The molecule has 2 nitrogen and oxygen atoms in total. The molecule has 4 rings (SSSR count). The van der Waals surface area contributed by atoms with Crippen molar-refractivity contribution >= 4 is 32.3 Å². The van der Waals surface area contributed by atoms with E-state index in [-0.39, 0.29) is 6.04 Å². The number of aliphatic hydroxyl groups excluding tert-OH is 1. The number of rotatable bonds is 4. The molecule has 116 valence electrons. The topological polar surface area (TPSA) is 46.2 Å². The van der Waals surface area contributed by atoms with Crippen LogP contribution in [0.25, 0.3) is 32.3 Å². The fraction of sp³-hybridized carbons (Fsp3) is 0.238. The van der Waals surface area contributed by atoms with Crippen molar-refractivity contribution in [1.82, 2.24) is 0 Å². The van der Waals surface area contributed by atoms with Crippen LogP contribution in [0.2, 0.25) is 0 Å². The first-order valence-electron chi connectivity index (χ1n) is 8.30. The average Bonchev–Trinajstić information content (AvgIpc) is 2.59. The maximum absolute atomic E-state index is 10.3. The lowest BCUT2D eigenvalue weighted by Gasteiger charge is -2.22. The summed E-state index contributed by atoms with van der Waals surface area (Å²) in [5, 5.41) is 17.8. The van der Waals surface area contributed by atoms with Gasteiger partial charge < -0.3 is 10.8 Å². The first-order chi connectivity index (χ1) is 11.2. The van der Waals surface area contributed by atoms with E-state index in [4.69, 9.17) is 5.73 Å². The Morgan fingerprint density at radius 1 is 0.870 bits per heavy atom. The largest absolute Gasteiger partial charge is 0.391 e. The summed E-state index contributed by atoms with van der Waals surface area (Å²) in [7, 11) is 0. The number of nitrogens with two attached hydrogens (primary N) is 1. The van der Waals surface area contributed by atoms with E-state index in [0.717, 1.165) is 23.8 Å². The van der Waals surface area contributed by atoms with Crippen LogP contribution in [0.3, 0.4) is 0 Å². The Balaban J connectivity index is 2.03. The molecule has 0 aromatic heterocycles. The minimum Gasteiger partial charge on any atom is -0.391 e. The van der Waals surface area contributed by atoms with Gasteiger partial charge in [-0.05, 0) is 44.3 Å². The maximum atomic E-state index is 10.3. The second kappa shape index (κ2) is 5.48. The molecule has 4 aromatic carbocycles. The average molecular weight is 303 g/mol. The lowest BCUT2D eigenvalue weighted by Crippen LogP contribution is -2.26. The Labute approximate surface area is 135 Å². The molecule has 0 aliphatic rings. The van der Waals surface area contributed by atoms with Gasteiger partial charge in [0.15, 0.2) is 0 Å². The normalized spacial score (nSPS) is 14.7. The molecule has 0 heterocycles. The summed E-state index contributed by atoms with van der Waals surface area (Å²) in [6.45, 7) is 2.07. The Bertz CT molecular complexity index is 960. The third kappa shape index (κ3) is 2.18. The smallest absolute Gasteiger partial charge is 0.0732 e. The second-order valence-corrected chi connectivity index (χ2v) is 6.39. The molecule has 2 atom stereocenters. The Kier molecular flexibility index (Phi) is 3.44. The van der Waals surface area contributed by atoms with Crippen LogP contribution in [0.5, 0.6) is 0 Å². The van der Waals surface area contributed by atoms with Crippen molar-refractivity contribution in [2.24, 2.45) is 5.73 Å². The summed E-state index contributed by atoms with van der Waals surface area (Å²) in [6, 6.07) is 18.9. The molecule has 2 heteroatoms. The van der Waals surface area contributed by atoms with Crippen LogP contribution in [-0.2, 0) is 0 Å². The van der Waals surface area contributed by atoms with Crippen molar-refractivity contribution in [3.05, 3.63) is 60.2 Å². The number of hydrogen-bond donors (Lipinski definition) is 2. The highest BCUT2D eigenvalue weighted by Crippen LogP contribution is 2.37. The van der Waals surface area contributed by atoms with E-state index >= 15 is 0 Å². The van der Waals surface area contributed by atoms with E-state index in [9.17, 15) is 5.11 Å². The lowest BCUT2D eigenvalue weighted by molar-refractivity contribution is 0.135. The highest BCUT2D eigenvalue weighted by molar-refractivity contribution is 6.23. The minimum absolute atomic E-state index is 0.348. The summed E-state index contributed by atoms with van der Waals surface area (Å²) in [4.78, 5) is 0. The van der Waals surface area contributed by atoms with Crippen molar-refractivity contribution in [3.8, 4) is 0 Å². The molecule has 0 bridgehead atoms. The summed E-state index contributed by atoms with van der Waals surface area (Å²) >= 11 is 0. The van der Waals surface area contributed by atoms with Gasteiger partial charge in [-0.15, -0.1) is 0 Å². The zero-order chi connectivity index (χ0) is 16.0.